The van der Waals surface area contributed by atoms with Crippen LogP contribution in [-0.2, 0) is 12.4 Å². The largest absolute Gasteiger partial charge is 0.454 e. The smallest absolute Gasteiger partial charge is 0.416 e. The van der Waals surface area contributed by atoms with Crippen molar-refractivity contribution < 1.29 is 40.7 Å². The van der Waals surface area contributed by atoms with Gasteiger partial charge in [-0.1, -0.05) is 40.5 Å². The number of carbonyl (C=O) groups excluding carboxylic acids is 2. The summed E-state index contributed by atoms with van der Waals surface area (Å²) in [4.78, 5) is 24.6. The molecule has 43 heavy (non-hydrogen) atoms. The minimum Gasteiger partial charge on any atom is -0.454 e. The number of amides is 3. The third-order valence-corrected chi connectivity index (χ3v) is 6.02. The number of nitrogens with one attached hydrogen (secondary N) is 3. The van der Waals surface area contributed by atoms with Crippen molar-refractivity contribution in [3.05, 3.63) is 93.7 Å². The van der Waals surface area contributed by atoms with Crippen molar-refractivity contribution in [2.24, 2.45) is 0 Å². The van der Waals surface area contributed by atoms with Crippen molar-refractivity contribution in [2.45, 2.75) is 12.4 Å². The molecular weight excluding hydrogens is 629 g/mol. The summed E-state index contributed by atoms with van der Waals surface area (Å²) in [5.41, 5.74) is -3.57. The number of ether oxygens (including phenoxy) is 1. The molecule has 0 saturated heterocycles. The van der Waals surface area contributed by atoms with Gasteiger partial charge in [-0.25, -0.2) is 9.48 Å². The number of anilines is 1. The van der Waals surface area contributed by atoms with E-state index in [0.717, 1.165) is 0 Å². The first-order valence-corrected chi connectivity index (χ1v) is 12.7. The molecule has 0 aliphatic heterocycles. The minimum atomic E-state index is -5.07. The number of urea groups is 1. The van der Waals surface area contributed by atoms with E-state index in [4.69, 9.17) is 27.9 Å². The first-order chi connectivity index (χ1) is 20.2. The lowest BCUT2D eigenvalue weighted by atomic mass is 10.1. The Kier molecular flexibility index (Phi) is 9.35. The van der Waals surface area contributed by atoms with Crippen molar-refractivity contribution in [2.75, 3.05) is 18.4 Å². The summed E-state index contributed by atoms with van der Waals surface area (Å²) in [5.74, 6) is -0.0239. The highest BCUT2D eigenvalue weighted by molar-refractivity contribution is 6.35. The van der Waals surface area contributed by atoms with Crippen LogP contribution in [0.15, 0.2) is 66.9 Å². The summed E-state index contributed by atoms with van der Waals surface area (Å²) < 4.78 is 85.2. The van der Waals surface area contributed by atoms with Gasteiger partial charge in [0, 0.05) is 23.8 Å². The Bertz CT molecular complexity index is 1610. The third-order valence-electron chi connectivity index (χ3n) is 5.49. The molecular formula is C26H18Cl2F6N6O3. The van der Waals surface area contributed by atoms with Crippen molar-refractivity contribution in [1.82, 2.24) is 25.6 Å². The zero-order chi connectivity index (χ0) is 31.4. The Morgan fingerprint density at radius 3 is 2.14 bits per heavy atom. The van der Waals surface area contributed by atoms with E-state index in [1.807, 2.05) is 5.32 Å². The Hall–Kier alpha value is -4.50. The lowest BCUT2D eigenvalue weighted by Crippen LogP contribution is -2.37. The lowest BCUT2D eigenvalue weighted by molar-refractivity contribution is -0.143. The first kappa shape index (κ1) is 31.4. The highest BCUT2D eigenvalue weighted by Gasteiger charge is 2.37. The van der Waals surface area contributed by atoms with Gasteiger partial charge in [0.25, 0.3) is 5.91 Å². The van der Waals surface area contributed by atoms with Crippen LogP contribution in [0.5, 0.6) is 11.5 Å². The summed E-state index contributed by atoms with van der Waals surface area (Å²) in [6.45, 7) is -0.389. The molecule has 1 aromatic heterocycles. The van der Waals surface area contributed by atoms with Gasteiger partial charge in [-0.3, -0.25) is 4.79 Å². The molecule has 0 saturated carbocycles. The SMILES string of the molecule is O=C(NCCNC(=O)c1cn(-c2ccccc2Oc2ccc(Cl)cc2Cl)nn1)Nc1cc(C(F)(F)F)cc(C(F)(F)F)c1. The van der Waals surface area contributed by atoms with Gasteiger partial charge in [0.15, 0.2) is 11.4 Å². The van der Waals surface area contributed by atoms with Crippen molar-refractivity contribution >= 4 is 40.8 Å². The second kappa shape index (κ2) is 12.8. The minimum absolute atomic E-state index is 0.0598. The van der Waals surface area contributed by atoms with Crippen LogP contribution in [0.3, 0.4) is 0 Å². The van der Waals surface area contributed by atoms with E-state index >= 15 is 0 Å². The Morgan fingerprint density at radius 1 is 0.837 bits per heavy atom. The predicted octanol–water partition coefficient (Wildman–Crippen LogP) is 6.96. The quantitative estimate of drug-likeness (QED) is 0.142. The van der Waals surface area contributed by atoms with E-state index < -0.39 is 41.1 Å². The molecule has 4 rings (SSSR count). The van der Waals surface area contributed by atoms with Crippen LogP contribution < -0.4 is 20.7 Å². The summed E-state index contributed by atoms with van der Waals surface area (Å²) in [7, 11) is 0. The summed E-state index contributed by atoms with van der Waals surface area (Å²) in [5, 5.41) is 15.0. The van der Waals surface area contributed by atoms with Gasteiger partial charge in [-0.05, 0) is 48.5 Å². The number of rotatable bonds is 8. The molecule has 3 N–H and O–H groups in total. The number of aromatic nitrogens is 3. The van der Waals surface area contributed by atoms with Crippen LogP contribution in [0.4, 0.5) is 36.8 Å². The number of hydrogen-bond acceptors (Lipinski definition) is 5. The maximum atomic E-state index is 13.0. The maximum absolute atomic E-state index is 13.0. The van der Waals surface area contributed by atoms with Crippen LogP contribution >= 0.6 is 23.2 Å². The van der Waals surface area contributed by atoms with Gasteiger partial charge in [0.05, 0.1) is 22.3 Å². The zero-order valence-electron chi connectivity index (χ0n) is 21.4. The van der Waals surface area contributed by atoms with E-state index in [1.54, 1.807) is 36.4 Å². The number of para-hydroxylation sites is 2. The number of benzene rings is 3. The summed E-state index contributed by atoms with van der Waals surface area (Å²) in [6.07, 6.45) is -8.83. The van der Waals surface area contributed by atoms with Crippen LogP contribution in [0.1, 0.15) is 21.6 Å². The molecule has 4 aromatic rings. The van der Waals surface area contributed by atoms with Crippen LogP contribution in [0.25, 0.3) is 5.69 Å². The molecule has 0 unspecified atom stereocenters. The van der Waals surface area contributed by atoms with Gasteiger partial charge >= 0.3 is 18.4 Å². The standard InChI is InChI=1S/C26H18Cl2F6N6O3/c27-16-5-6-21(18(28)12-16)43-22-4-2-1-3-20(22)40-13-19(38-39-40)23(41)35-7-8-36-24(42)37-17-10-14(25(29,30)31)9-15(11-17)26(32,33)34/h1-6,9-13H,7-8H2,(H,35,41)(H2,36,37,42). The zero-order valence-corrected chi connectivity index (χ0v) is 22.9. The number of halogens is 8. The fourth-order valence-electron chi connectivity index (χ4n) is 3.54. The highest BCUT2D eigenvalue weighted by Crippen LogP contribution is 2.38. The van der Waals surface area contributed by atoms with Gasteiger partial charge in [0.1, 0.15) is 11.4 Å². The lowest BCUT2D eigenvalue weighted by Gasteiger charge is -2.15. The van der Waals surface area contributed by atoms with Gasteiger partial charge in [-0.2, -0.15) is 26.3 Å². The Morgan fingerprint density at radius 2 is 1.49 bits per heavy atom. The van der Waals surface area contributed by atoms with E-state index in [9.17, 15) is 35.9 Å². The highest BCUT2D eigenvalue weighted by atomic mass is 35.5. The molecule has 17 heteroatoms. The third kappa shape index (κ3) is 8.29. The summed E-state index contributed by atoms with van der Waals surface area (Å²) >= 11 is 12.1. The Balaban J connectivity index is 1.33. The molecule has 3 amide bonds. The molecule has 0 spiro atoms. The maximum Gasteiger partial charge on any atom is 0.416 e. The summed E-state index contributed by atoms with van der Waals surface area (Å²) in [6, 6.07) is 11.0. The molecule has 226 valence electrons. The molecule has 0 fully saturated rings. The molecule has 0 radical (unpaired) electrons. The fraction of sp³-hybridized carbons (Fsp3) is 0.154. The number of nitrogens with zero attached hydrogens (tertiary/aromatic N) is 3. The fourth-order valence-corrected chi connectivity index (χ4v) is 3.99. The number of hydrogen-bond donors (Lipinski definition) is 3. The molecule has 1 heterocycles. The van der Waals surface area contributed by atoms with Crippen LogP contribution in [0.2, 0.25) is 10.0 Å². The molecule has 0 aliphatic rings. The van der Waals surface area contributed by atoms with Crippen molar-refractivity contribution in [3.8, 4) is 17.2 Å². The van der Waals surface area contributed by atoms with Gasteiger partial charge in [-0.15, -0.1) is 5.10 Å². The van der Waals surface area contributed by atoms with E-state index in [1.165, 1.54) is 16.9 Å². The molecule has 3 aromatic carbocycles. The second-order valence-corrected chi connectivity index (χ2v) is 9.47. The Labute approximate surface area is 248 Å². The predicted molar refractivity (Wildman–Crippen MR) is 144 cm³/mol. The van der Waals surface area contributed by atoms with Gasteiger partial charge in [0.2, 0.25) is 0 Å². The molecule has 0 atom stereocenters. The van der Waals surface area contributed by atoms with E-state index in [0.29, 0.717) is 34.3 Å². The number of carbonyl (C=O) groups is 2. The molecule has 9 nitrogen and oxygen atoms in total. The first-order valence-electron chi connectivity index (χ1n) is 12.0. The molecule has 0 aliphatic carbocycles. The second-order valence-electron chi connectivity index (χ2n) is 8.62. The monoisotopic (exact) mass is 646 g/mol. The normalized spacial score (nSPS) is 11.6. The van der Waals surface area contributed by atoms with Crippen LogP contribution in [0, 0.1) is 0 Å². The topological polar surface area (TPSA) is 110 Å². The average molecular weight is 647 g/mol. The van der Waals surface area contributed by atoms with Crippen LogP contribution in [-0.4, -0.2) is 40.0 Å². The van der Waals surface area contributed by atoms with E-state index in [-0.39, 0.29) is 29.9 Å². The van der Waals surface area contributed by atoms with Crippen molar-refractivity contribution in [3.63, 3.8) is 0 Å². The molecule has 0 bridgehead atoms. The van der Waals surface area contributed by atoms with E-state index in [2.05, 4.69) is 20.9 Å². The van der Waals surface area contributed by atoms with Crippen molar-refractivity contribution in [1.29, 1.82) is 0 Å². The average Bonchev–Trinajstić information content (AvgIpc) is 3.42. The van der Waals surface area contributed by atoms with Gasteiger partial charge < -0.3 is 20.7 Å². The number of alkyl halides is 6.